The molecule has 0 aliphatic rings. The average Bonchev–Trinajstić information content (AvgIpc) is 2.14. The van der Waals surface area contributed by atoms with Crippen LogP contribution >= 0.6 is 11.8 Å². The second-order valence-corrected chi connectivity index (χ2v) is 3.33. The van der Waals surface area contributed by atoms with Gasteiger partial charge in [-0.2, -0.15) is 11.8 Å². The first-order valence-electron chi connectivity index (χ1n) is 3.93. The third-order valence-electron chi connectivity index (χ3n) is 1.37. The Morgan fingerprint density at radius 2 is 2.17 bits per heavy atom. The van der Waals surface area contributed by atoms with Gasteiger partial charge in [0.2, 0.25) is 5.95 Å². The van der Waals surface area contributed by atoms with Crippen LogP contribution in [-0.4, -0.2) is 28.5 Å². The number of aromatic nitrogens is 2. The van der Waals surface area contributed by atoms with Gasteiger partial charge in [0, 0.05) is 18.9 Å². The van der Waals surface area contributed by atoms with Crippen LogP contribution in [0.25, 0.3) is 0 Å². The highest BCUT2D eigenvalue weighted by molar-refractivity contribution is 7.98. The molecule has 0 saturated carbocycles. The maximum atomic E-state index is 4.05. The molecule has 1 aromatic rings. The fraction of sp³-hybridized carbons (Fsp3) is 0.500. The smallest absolute Gasteiger partial charge is 0.222 e. The largest absolute Gasteiger partial charge is 0.354 e. The van der Waals surface area contributed by atoms with Gasteiger partial charge in [0.15, 0.2) is 0 Å². The highest BCUT2D eigenvalue weighted by Gasteiger charge is 1.90. The SMILES string of the molecule is CSCCCNc1ncccn1. The second kappa shape index (κ2) is 5.83. The van der Waals surface area contributed by atoms with E-state index in [1.54, 1.807) is 12.4 Å². The number of hydrogen-bond donors (Lipinski definition) is 1. The predicted octanol–water partition coefficient (Wildman–Crippen LogP) is 1.64. The zero-order valence-corrected chi connectivity index (χ0v) is 7.97. The summed E-state index contributed by atoms with van der Waals surface area (Å²) in [5.74, 6) is 1.90. The maximum Gasteiger partial charge on any atom is 0.222 e. The molecular weight excluding hydrogens is 170 g/mol. The molecular formula is C8H13N3S. The number of rotatable bonds is 5. The molecule has 1 aromatic heterocycles. The van der Waals surface area contributed by atoms with Crippen LogP contribution in [0, 0.1) is 0 Å². The van der Waals surface area contributed by atoms with E-state index >= 15 is 0 Å². The van der Waals surface area contributed by atoms with Crippen molar-refractivity contribution < 1.29 is 0 Å². The average molecular weight is 183 g/mol. The van der Waals surface area contributed by atoms with Gasteiger partial charge < -0.3 is 5.32 Å². The summed E-state index contributed by atoms with van der Waals surface area (Å²) < 4.78 is 0. The second-order valence-electron chi connectivity index (χ2n) is 2.35. The van der Waals surface area contributed by atoms with Gasteiger partial charge in [-0.1, -0.05) is 0 Å². The van der Waals surface area contributed by atoms with E-state index < -0.39 is 0 Å². The van der Waals surface area contributed by atoms with Gasteiger partial charge >= 0.3 is 0 Å². The Kier molecular flexibility index (Phi) is 4.52. The van der Waals surface area contributed by atoms with Crippen molar-refractivity contribution in [3.8, 4) is 0 Å². The summed E-state index contributed by atoms with van der Waals surface area (Å²) in [5.41, 5.74) is 0. The zero-order valence-electron chi connectivity index (χ0n) is 7.16. The minimum Gasteiger partial charge on any atom is -0.354 e. The van der Waals surface area contributed by atoms with Gasteiger partial charge in [0.05, 0.1) is 0 Å². The molecule has 0 fully saturated rings. The standard InChI is InChI=1S/C8H13N3S/c1-12-7-3-6-11-8-9-4-2-5-10-8/h2,4-5H,3,6-7H2,1H3,(H,9,10,11). The molecule has 0 bridgehead atoms. The third-order valence-corrected chi connectivity index (χ3v) is 2.07. The van der Waals surface area contributed by atoms with Crippen LogP contribution in [0.15, 0.2) is 18.5 Å². The lowest BCUT2D eigenvalue weighted by molar-refractivity contribution is 0.963. The monoisotopic (exact) mass is 183 g/mol. The van der Waals surface area contributed by atoms with Crippen LogP contribution in [0.2, 0.25) is 0 Å². The molecule has 0 unspecified atom stereocenters. The molecule has 1 rings (SSSR count). The summed E-state index contributed by atoms with van der Waals surface area (Å²) in [6.45, 7) is 0.949. The first kappa shape index (κ1) is 9.32. The molecule has 3 nitrogen and oxygen atoms in total. The third kappa shape index (κ3) is 3.57. The molecule has 66 valence electrons. The molecule has 0 aliphatic carbocycles. The van der Waals surface area contributed by atoms with Crippen molar-refractivity contribution in [1.82, 2.24) is 9.97 Å². The molecule has 0 aromatic carbocycles. The molecule has 12 heavy (non-hydrogen) atoms. The molecule has 0 saturated heterocycles. The van der Waals surface area contributed by atoms with E-state index in [2.05, 4.69) is 21.5 Å². The Bertz CT molecular complexity index is 203. The van der Waals surface area contributed by atoms with Gasteiger partial charge in [-0.05, 0) is 24.5 Å². The summed E-state index contributed by atoms with van der Waals surface area (Å²) in [4.78, 5) is 8.09. The lowest BCUT2D eigenvalue weighted by Gasteiger charge is -2.01. The number of nitrogens with zero attached hydrogens (tertiary/aromatic N) is 2. The minimum atomic E-state index is 0.721. The first-order chi connectivity index (χ1) is 5.93. The van der Waals surface area contributed by atoms with Crippen molar-refractivity contribution in [2.45, 2.75) is 6.42 Å². The van der Waals surface area contributed by atoms with Crippen LogP contribution in [0.3, 0.4) is 0 Å². The molecule has 0 aliphatic heterocycles. The topological polar surface area (TPSA) is 37.8 Å². The number of hydrogen-bond acceptors (Lipinski definition) is 4. The Morgan fingerprint density at radius 1 is 1.42 bits per heavy atom. The van der Waals surface area contributed by atoms with Gasteiger partial charge in [-0.15, -0.1) is 0 Å². The van der Waals surface area contributed by atoms with Gasteiger partial charge in [-0.3, -0.25) is 0 Å². The molecule has 1 N–H and O–H groups in total. The van der Waals surface area contributed by atoms with Crippen molar-refractivity contribution in [1.29, 1.82) is 0 Å². The lowest BCUT2D eigenvalue weighted by atomic mass is 10.5. The Morgan fingerprint density at radius 3 is 2.83 bits per heavy atom. The summed E-state index contributed by atoms with van der Waals surface area (Å²) >= 11 is 1.86. The van der Waals surface area contributed by atoms with E-state index in [4.69, 9.17) is 0 Å². The molecule has 0 amide bonds. The van der Waals surface area contributed by atoms with Crippen LogP contribution in [0.1, 0.15) is 6.42 Å². The lowest BCUT2D eigenvalue weighted by Crippen LogP contribution is -2.05. The van der Waals surface area contributed by atoms with Gasteiger partial charge in [0.1, 0.15) is 0 Å². The van der Waals surface area contributed by atoms with Crippen molar-refractivity contribution in [3.63, 3.8) is 0 Å². The zero-order chi connectivity index (χ0) is 8.65. The molecule has 0 atom stereocenters. The van der Waals surface area contributed by atoms with Crippen molar-refractivity contribution in [3.05, 3.63) is 18.5 Å². The first-order valence-corrected chi connectivity index (χ1v) is 5.32. The molecule has 0 spiro atoms. The summed E-state index contributed by atoms with van der Waals surface area (Å²) in [5, 5.41) is 3.14. The Hall–Kier alpha value is -0.770. The quantitative estimate of drug-likeness (QED) is 0.704. The summed E-state index contributed by atoms with van der Waals surface area (Å²) in [6.07, 6.45) is 6.74. The Balaban J connectivity index is 2.16. The van der Waals surface area contributed by atoms with E-state index in [0.717, 1.165) is 18.9 Å². The number of anilines is 1. The number of nitrogens with one attached hydrogen (secondary N) is 1. The summed E-state index contributed by atoms with van der Waals surface area (Å²) in [7, 11) is 0. The Labute approximate surface area is 77.0 Å². The van der Waals surface area contributed by atoms with E-state index in [1.165, 1.54) is 5.75 Å². The summed E-state index contributed by atoms with van der Waals surface area (Å²) in [6, 6.07) is 1.81. The van der Waals surface area contributed by atoms with Gasteiger partial charge in [-0.25, -0.2) is 9.97 Å². The molecule has 0 radical (unpaired) electrons. The molecule has 4 heteroatoms. The highest BCUT2D eigenvalue weighted by Crippen LogP contribution is 1.97. The molecule has 1 heterocycles. The van der Waals surface area contributed by atoms with E-state index in [9.17, 15) is 0 Å². The minimum absolute atomic E-state index is 0.721. The normalized spacial score (nSPS) is 9.75. The fourth-order valence-corrected chi connectivity index (χ4v) is 1.24. The maximum absolute atomic E-state index is 4.05. The van der Waals surface area contributed by atoms with Crippen LogP contribution in [0.5, 0.6) is 0 Å². The van der Waals surface area contributed by atoms with E-state index in [1.807, 2.05) is 17.8 Å². The number of thioether (sulfide) groups is 1. The van der Waals surface area contributed by atoms with Gasteiger partial charge in [0.25, 0.3) is 0 Å². The van der Waals surface area contributed by atoms with E-state index in [-0.39, 0.29) is 0 Å². The van der Waals surface area contributed by atoms with Crippen LogP contribution in [-0.2, 0) is 0 Å². The highest BCUT2D eigenvalue weighted by atomic mass is 32.2. The van der Waals surface area contributed by atoms with Crippen molar-refractivity contribution >= 4 is 17.7 Å². The predicted molar refractivity (Wildman–Crippen MR) is 53.5 cm³/mol. The van der Waals surface area contributed by atoms with Crippen LogP contribution in [0.4, 0.5) is 5.95 Å². The van der Waals surface area contributed by atoms with Crippen molar-refractivity contribution in [2.24, 2.45) is 0 Å². The van der Waals surface area contributed by atoms with Crippen LogP contribution < -0.4 is 5.32 Å². The van der Waals surface area contributed by atoms with Crippen molar-refractivity contribution in [2.75, 3.05) is 23.9 Å². The van der Waals surface area contributed by atoms with E-state index in [0.29, 0.717) is 0 Å². The fourth-order valence-electron chi connectivity index (χ4n) is 0.807.